The summed E-state index contributed by atoms with van der Waals surface area (Å²) in [6.45, 7) is 6.98. The molecule has 0 radical (unpaired) electrons. The number of nitrogens with one attached hydrogen (secondary N) is 1. The van der Waals surface area contributed by atoms with Crippen molar-refractivity contribution in [1.29, 1.82) is 0 Å². The topological polar surface area (TPSA) is 109 Å². The Hall–Kier alpha value is -2.83. The van der Waals surface area contributed by atoms with Crippen LogP contribution in [0.15, 0.2) is 27.4 Å². The number of fused-ring (bicyclic) bond motifs is 1. The Morgan fingerprint density at radius 2 is 1.96 bits per heavy atom. The maximum atomic E-state index is 12.2. The summed E-state index contributed by atoms with van der Waals surface area (Å²) in [7, 11) is 0. The molecule has 2 atom stereocenters. The molecule has 0 fully saturated rings. The first kappa shape index (κ1) is 20.5. The summed E-state index contributed by atoms with van der Waals surface area (Å²) in [4.78, 5) is 35.2. The quantitative estimate of drug-likeness (QED) is 0.703. The first-order valence-corrected chi connectivity index (χ1v) is 8.96. The predicted molar refractivity (Wildman–Crippen MR) is 98.5 cm³/mol. The fraction of sp³-hybridized carbons (Fsp3) is 0.450. The molecule has 7 heteroatoms. The number of aryl methyl sites for hydroxylation is 1. The molecule has 146 valence electrons. The Morgan fingerprint density at radius 3 is 2.59 bits per heavy atom. The molecule has 0 spiro atoms. The minimum Gasteiger partial charge on any atom is -0.548 e. The van der Waals surface area contributed by atoms with Gasteiger partial charge in [-0.25, -0.2) is 4.79 Å². The lowest BCUT2D eigenvalue weighted by molar-refractivity contribution is -0.308. The van der Waals surface area contributed by atoms with E-state index in [4.69, 9.17) is 9.15 Å². The highest BCUT2D eigenvalue weighted by Crippen LogP contribution is 2.24. The van der Waals surface area contributed by atoms with Gasteiger partial charge in [0.05, 0.1) is 12.0 Å². The van der Waals surface area contributed by atoms with Crippen LogP contribution in [0.2, 0.25) is 0 Å². The number of carboxylic acid groups (broad SMARTS) is 1. The summed E-state index contributed by atoms with van der Waals surface area (Å²) in [5.41, 5.74) is 1.31. The molecule has 7 nitrogen and oxygen atoms in total. The lowest BCUT2D eigenvalue weighted by atomic mass is 10.1. The summed E-state index contributed by atoms with van der Waals surface area (Å²) < 4.78 is 10.9. The van der Waals surface area contributed by atoms with Gasteiger partial charge in [0.15, 0.2) is 6.10 Å². The molecule has 0 saturated carbocycles. The number of hydrogen-bond donors (Lipinski definition) is 1. The van der Waals surface area contributed by atoms with Crippen molar-refractivity contribution in [3.8, 4) is 5.75 Å². The van der Waals surface area contributed by atoms with Crippen LogP contribution in [-0.4, -0.2) is 24.0 Å². The summed E-state index contributed by atoms with van der Waals surface area (Å²) >= 11 is 0. The fourth-order valence-electron chi connectivity index (χ4n) is 2.71. The zero-order chi connectivity index (χ0) is 20.1. The molecular weight excluding hydrogens is 350 g/mol. The average molecular weight is 374 g/mol. The van der Waals surface area contributed by atoms with Gasteiger partial charge in [0.2, 0.25) is 0 Å². The second kappa shape index (κ2) is 8.70. The summed E-state index contributed by atoms with van der Waals surface area (Å²) in [5.74, 6) is -1.53. The Labute approximate surface area is 157 Å². The number of amides is 1. The molecule has 0 saturated heterocycles. The number of unbranched alkanes of at least 4 members (excludes halogenated alkanes) is 1. The fourth-order valence-corrected chi connectivity index (χ4v) is 2.71. The molecule has 1 heterocycles. The molecule has 1 aromatic carbocycles. The van der Waals surface area contributed by atoms with E-state index >= 15 is 0 Å². The monoisotopic (exact) mass is 374 g/mol. The molecule has 0 aliphatic rings. The van der Waals surface area contributed by atoms with Crippen molar-refractivity contribution in [2.75, 3.05) is 0 Å². The van der Waals surface area contributed by atoms with Gasteiger partial charge in [-0.15, -0.1) is 0 Å². The lowest BCUT2D eigenvalue weighted by Gasteiger charge is -2.22. The first-order valence-electron chi connectivity index (χ1n) is 8.96. The third-order valence-electron chi connectivity index (χ3n) is 4.56. The van der Waals surface area contributed by atoms with Gasteiger partial charge in [-0.05, 0) is 44.9 Å². The smallest absolute Gasteiger partial charge is 0.339 e. The predicted octanol–water partition coefficient (Wildman–Crippen LogP) is 1.60. The van der Waals surface area contributed by atoms with E-state index in [1.165, 1.54) is 6.92 Å². The van der Waals surface area contributed by atoms with Crippen LogP contribution in [-0.2, 0) is 9.59 Å². The first-order chi connectivity index (χ1) is 12.7. The van der Waals surface area contributed by atoms with E-state index in [-0.39, 0.29) is 0 Å². The zero-order valence-corrected chi connectivity index (χ0v) is 16.0. The highest BCUT2D eigenvalue weighted by atomic mass is 16.5. The summed E-state index contributed by atoms with van der Waals surface area (Å²) in [6.07, 6.45) is 0.852. The Kier molecular flexibility index (Phi) is 6.60. The van der Waals surface area contributed by atoms with Gasteiger partial charge in [-0.3, -0.25) is 4.79 Å². The largest absolute Gasteiger partial charge is 0.548 e. The van der Waals surface area contributed by atoms with Gasteiger partial charge in [0.1, 0.15) is 11.3 Å². The highest BCUT2D eigenvalue weighted by molar-refractivity contribution is 5.86. The Balaban J connectivity index is 2.13. The van der Waals surface area contributed by atoms with Gasteiger partial charge < -0.3 is 24.4 Å². The van der Waals surface area contributed by atoms with E-state index in [9.17, 15) is 19.5 Å². The van der Waals surface area contributed by atoms with Crippen molar-refractivity contribution in [3.05, 3.63) is 39.7 Å². The zero-order valence-electron chi connectivity index (χ0n) is 16.0. The number of ether oxygens (including phenoxy) is 1. The van der Waals surface area contributed by atoms with Crippen LogP contribution in [0.25, 0.3) is 11.0 Å². The number of carboxylic acids is 1. The van der Waals surface area contributed by atoms with Crippen molar-refractivity contribution in [1.82, 2.24) is 5.32 Å². The van der Waals surface area contributed by atoms with Crippen molar-refractivity contribution in [2.45, 2.75) is 59.1 Å². The van der Waals surface area contributed by atoms with Crippen LogP contribution < -0.4 is 20.8 Å². The molecule has 1 N–H and O–H groups in total. The van der Waals surface area contributed by atoms with Gasteiger partial charge in [0.25, 0.3) is 5.91 Å². The SMILES string of the molecule is CCCC[C@H](NC(=O)[C@@H](C)Oc1ccc2c(C)c(C)c(=O)oc2c1)C(=O)[O-]. The summed E-state index contributed by atoms with van der Waals surface area (Å²) in [5, 5.41) is 14.4. The van der Waals surface area contributed by atoms with Crippen LogP contribution in [0.3, 0.4) is 0 Å². The number of hydrogen-bond acceptors (Lipinski definition) is 6. The molecular formula is C20H24NO6-. The van der Waals surface area contributed by atoms with Crippen LogP contribution in [0.4, 0.5) is 0 Å². The van der Waals surface area contributed by atoms with Crippen LogP contribution in [0, 0.1) is 13.8 Å². The third kappa shape index (κ3) is 4.87. The molecule has 2 rings (SSSR count). The minimum atomic E-state index is -1.32. The maximum Gasteiger partial charge on any atom is 0.339 e. The molecule has 0 unspecified atom stereocenters. The van der Waals surface area contributed by atoms with Crippen molar-refractivity contribution in [2.24, 2.45) is 0 Å². The molecule has 27 heavy (non-hydrogen) atoms. The third-order valence-corrected chi connectivity index (χ3v) is 4.56. The van der Waals surface area contributed by atoms with Crippen LogP contribution >= 0.6 is 0 Å². The summed E-state index contributed by atoms with van der Waals surface area (Å²) in [6, 6.07) is 3.92. The van der Waals surface area contributed by atoms with Crippen molar-refractivity contribution < 1.29 is 23.8 Å². The maximum absolute atomic E-state index is 12.2. The van der Waals surface area contributed by atoms with E-state index in [1.54, 1.807) is 25.1 Å². The van der Waals surface area contributed by atoms with E-state index in [0.717, 1.165) is 17.4 Å². The highest BCUT2D eigenvalue weighted by Gasteiger charge is 2.20. The standard InChI is InChI=1S/C20H25NO6/c1-5-6-7-16(19(23)24)21-18(22)13(4)26-14-8-9-15-11(2)12(3)20(25)27-17(15)10-14/h8-10,13,16H,5-7H2,1-4H3,(H,21,22)(H,23,24)/p-1/t13-,16+/m1/s1. The number of carbonyl (C=O) groups is 2. The van der Waals surface area contributed by atoms with E-state index in [0.29, 0.717) is 29.7 Å². The van der Waals surface area contributed by atoms with Gasteiger partial charge >= 0.3 is 5.63 Å². The molecule has 1 aromatic heterocycles. The number of carbonyl (C=O) groups excluding carboxylic acids is 2. The van der Waals surface area contributed by atoms with Gasteiger partial charge in [0, 0.05) is 17.0 Å². The molecule has 1 amide bonds. The molecule has 0 aliphatic carbocycles. The average Bonchev–Trinajstić information content (AvgIpc) is 2.62. The second-order valence-electron chi connectivity index (χ2n) is 6.58. The van der Waals surface area contributed by atoms with Crippen molar-refractivity contribution >= 4 is 22.8 Å². The molecule has 0 aliphatic heterocycles. The number of aliphatic carboxylic acids is 1. The second-order valence-corrected chi connectivity index (χ2v) is 6.58. The molecule has 0 bridgehead atoms. The van der Waals surface area contributed by atoms with E-state index in [1.807, 2.05) is 13.8 Å². The number of benzene rings is 1. The van der Waals surface area contributed by atoms with E-state index in [2.05, 4.69) is 5.32 Å². The Bertz CT molecular complexity index is 901. The minimum absolute atomic E-state index is 0.303. The molecule has 2 aromatic rings. The van der Waals surface area contributed by atoms with Gasteiger partial charge in [-0.2, -0.15) is 0 Å². The van der Waals surface area contributed by atoms with Crippen molar-refractivity contribution in [3.63, 3.8) is 0 Å². The van der Waals surface area contributed by atoms with E-state index < -0.39 is 29.6 Å². The van der Waals surface area contributed by atoms with Crippen LogP contribution in [0.1, 0.15) is 44.2 Å². The van der Waals surface area contributed by atoms with Gasteiger partial charge in [-0.1, -0.05) is 19.8 Å². The number of rotatable bonds is 8. The Morgan fingerprint density at radius 1 is 1.26 bits per heavy atom. The lowest BCUT2D eigenvalue weighted by Crippen LogP contribution is -2.51. The van der Waals surface area contributed by atoms with Crippen LogP contribution in [0.5, 0.6) is 5.75 Å². The normalized spacial score (nSPS) is 13.2.